The average Bonchev–Trinajstić information content (AvgIpc) is 2.87. The van der Waals surface area contributed by atoms with E-state index in [0.717, 1.165) is 0 Å². The lowest BCUT2D eigenvalue weighted by Gasteiger charge is -2.14. The largest absolute Gasteiger partial charge is 0.346 e. The number of H-pyrrole nitrogens is 1. The molecule has 1 aromatic carbocycles. The first-order chi connectivity index (χ1) is 10.4. The Balaban J connectivity index is 0.00000264. The van der Waals surface area contributed by atoms with Crippen LogP contribution in [0.2, 0.25) is 5.02 Å². The van der Waals surface area contributed by atoms with Crippen molar-refractivity contribution >= 4 is 52.8 Å². The maximum Gasteiger partial charge on any atom is 0.246 e. The number of fused-ring (bicyclic) bond motifs is 1. The first-order valence-corrected chi connectivity index (χ1v) is 7.23. The number of amides is 2. The number of carbonyl (C=O) groups excluding carboxylic acids is 2. The maximum atomic E-state index is 11.8. The van der Waals surface area contributed by atoms with Crippen LogP contribution >= 0.6 is 24.0 Å². The molecule has 0 saturated carbocycles. The third kappa shape index (κ3) is 4.82. The van der Waals surface area contributed by atoms with Gasteiger partial charge in [0.1, 0.15) is 5.52 Å². The summed E-state index contributed by atoms with van der Waals surface area (Å²) in [6, 6.07) is 4.65. The van der Waals surface area contributed by atoms with Gasteiger partial charge in [-0.15, -0.1) is 12.4 Å². The fourth-order valence-corrected chi connectivity index (χ4v) is 2.04. The summed E-state index contributed by atoms with van der Waals surface area (Å²) in [5, 5.41) is 5.54. The van der Waals surface area contributed by atoms with Gasteiger partial charge in [-0.3, -0.25) is 14.9 Å². The number of nitrogens with two attached hydrogens (primary N) is 1. The Morgan fingerprint density at radius 3 is 2.70 bits per heavy atom. The molecule has 1 heterocycles. The zero-order valence-electron chi connectivity index (χ0n) is 12.7. The van der Waals surface area contributed by atoms with Crippen molar-refractivity contribution in [3.05, 3.63) is 23.2 Å². The summed E-state index contributed by atoms with van der Waals surface area (Å²) in [6.07, 6.45) is 0. The molecule has 1 aromatic heterocycles. The molecule has 0 radical (unpaired) electrons. The molecule has 0 aliphatic rings. The van der Waals surface area contributed by atoms with Gasteiger partial charge in [0, 0.05) is 0 Å². The summed E-state index contributed by atoms with van der Waals surface area (Å²) in [7, 11) is 0. The van der Waals surface area contributed by atoms with Crippen LogP contribution in [0.25, 0.3) is 11.0 Å². The number of nitrogens with one attached hydrogen (secondary N) is 3. The summed E-state index contributed by atoms with van der Waals surface area (Å²) in [5.74, 6) is -0.492. The second-order valence-corrected chi connectivity index (χ2v) is 5.66. The van der Waals surface area contributed by atoms with Crippen LogP contribution in [0.3, 0.4) is 0 Å². The lowest BCUT2D eigenvalue weighted by Crippen LogP contribution is -2.46. The summed E-state index contributed by atoms with van der Waals surface area (Å²) in [6.45, 7) is 3.49. The predicted molar refractivity (Wildman–Crippen MR) is 92.8 cm³/mol. The molecule has 23 heavy (non-hydrogen) atoms. The highest BCUT2D eigenvalue weighted by Crippen LogP contribution is 2.22. The zero-order chi connectivity index (χ0) is 16.3. The summed E-state index contributed by atoms with van der Waals surface area (Å²) in [5.41, 5.74) is 6.98. The van der Waals surface area contributed by atoms with E-state index in [9.17, 15) is 9.59 Å². The number of anilines is 1. The van der Waals surface area contributed by atoms with Crippen LogP contribution in [0.4, 0.5) is 5.95 Å². The minimum absolute atomic E-state index is 0. The van der Waals surface area contributed by atoms with Gasteiger partial charge in [-0.1, -0.05) is 31.5 Å². The van der Waals surface area contributed by atoms with Crippen molar-refractivity contribution in [2.75, 3.05) is 11.9 Å². The van der Waals surface area contributed by atoms with Crippen LogP contribution in [0.5, 0.6) is 0 Å². The van der Waals surface area contributed by atoms with Gasteiger partial charge in [-0.2, -0.15) is 0 Å². The van der Waals surface area contributed by atoms with E-state index in [1.54, 1.807) is 18.2 Å². The van der Waals surface area contributed by atoms with Crippen molar-refractivity contribution in [3.63, 3.8) is 0 Å². The molecule has 5 N–H and O–H groups in total. The summed E-state index contributed by atoms with van der Waals surface area (Å²) < 4.78 is 0. The highest BCUT2D eigenvalue weighted by molar-refractivity contribution is 6.35. The van der Waals surface area contributed by atoms with Gasteiger partial charge in [-0.05, 0) is 18.1 Å². The van der Waals surface area contributed by atoms with E-state index in [1.165, 1.54) is 0 Å². The van der Waals surface area contributed by atoms with Crippen LogP contribution in [0, 0.1) is 5.92 Å². The van der Waals surface area contributed by atoms with Crippen LogP contribution in [0.1, 0.15) is 13.8 Å². The van der Waals surface area contributed by atoms with Crippen LogP contribution in [0.15, 0.2) is 18.2 Å². The van der Waals surface area contributed by atoms with E-state index in [1.807, 2.05) is 13.8 Å². The van der Waals surface area contributed by atoms with Gasteiger partial charge in [0.2, 0.25) is 17.8 Å². The van der Waals surface area contributed by atoms with E-state index in [0.29, 0.717) is 16.1 Å². The number of rotatable bonds is 5. The lowest BCUT2D eigenvalue weighted by atomic mass is 10.1. The molecule has 2 aromatic rings. The van der Waals surface area contributed by atoms with Gasteiger partial charge in [0.05, 0.1) is 23.1 Å². The molecule has 0 spiro atoms. The molecule has 126 valence electrons. The number of benzene rings is 1. The number of halogens is 2. The predicted octanol–water partition coefficient (Wildman–Crippen LogP) is 1.68. The number of imidazole rings is 1. The summed E-state index contributed by atoms with van der Waals surface area (Å²) in [4.78, 5) is 30.6. The standard InChI is InChI=1S/C14H18ClN5O2.ClH/c1-7(2)11(16)13(22)17-6-10(21)19-14-18-9-5-3-4-8(15)12(9)20-14;/h3-5,7,11H,6,16H2,1-2H3,(H,17,22)(H2,18,19,20,21);1H/t11-;/m0./s1. The van der Waals surface area contributed by atoms with Crippen LogP contribution in [-0.4, -0.2) is 34.4 Å². The van der Waals surface area contributed by atoms with Crippen LogP contribution in [-0.2, 0) is 9.59 Å². The molecule has 7 nitrogen and oxygen atoms in total. The van der Waals surface area contributed by atoms with E-state index in [4.69, 9.17) is 17.3 Å². The molecule has 0 fully saturated rings. The minimum atomic E-state index is -0.641. The molecule has 0 bridgehead atoms. The van der Waals surface area contributed by atoms with Gasteiger partial charge in [0.15, 0.2) is 0 Å². The molecular weight excluding hydrogens is 341 g/mol. The first-order valence-electron chi connectivity index (χ1n) is 6.86. The van der Waals surface area contributed by atoms with E-state index in [2.05, 4.69) is 20.6 Å². The Bertz CT molecular complexity index is 702. The van der Waals surface area contributed by atoms with Crippen molar-refractivity contribution in [1.82, 2.24) is 15.3 Å². The van der Waals surface area contributed by atoms with Gasteiger partial charge in [-0.25, -0.2) is 4.98 Å². The Morgan fingerprint density at radius 1 is 1.39 bits per heavy atom. The van der Waals surface area contributed by atoms with E-state index in [-0.39, 0.29) is 36.7 Å². The van der Waals surface area contributed by atoms with Gasteiger partial charge in [0.25, 0.3) is 0 Å². The number of carbonyl (C=O) groups is 2. The zero-order valence-corrected chi connectivity index (χ0v) is 14.3. The Labute approximate surface area is 144 Å². The number of hydrogen-bond acceptors (Lipinski definition) is 4. The monoisotopic (exact) mass is 359 g/mol. The summed E-state index contributed by atoms with van der Waals surface area (Å²) >= 11 is 6.01. The second-order valence-electron chi connectivity index (χ2n) is 5.26. The maximum absolute atomic E-state index is 11.8. The molecule has 0 aliphatic carbocycles. The van der Waals surface area contributed by atoms with Crippen molar-refractivity contribution < 1.29 is 9.59 Å². The Kier molecular flexibility index (Phi) is 6.80. The number of para-hydroxylation sites is 1. The minimum Gasteiger partial charge on any atom is -0.346 e. The van der Waals surface area contributed by atoms with Crippen molar-refractivity contribution in [1.29, 1.82) is 0 Å². The van der Waals surface area contributed by atoms with Crippen molar-refractivity contribution in [2.24, 2.45) is 11.7 Å². The smallest absolute Gasteiger partial charge is 0.246 e. The molecule has 9 heteroatoms. The SMILES string of the molecule is CC(C)[C@H](N)C(=O)NCC(=O)Nc1nc2c(Cl)cccc2[nH]1.Cl. The Hall–Kier alpha value is -1.83. The third-order valence-electron chi connectivity index (χ3n) is 3.17. The fraction of sp³-hybridized carbons (Fsp3) is 0.357. The number of hydrogen-bond donors (Lipinski definition) is 4. The molecule has 2 rings (SSSR count). The molecular formula is C14H19Cl2N5O2. The fourth-order valence-electron chi connectivity index (χ4n) is 1.82. The normalized spacial score (nSPS) is 11.9. The topological polar surface area (TPSA) is 113 Å². The third-order valence-corrected chi connectivity index (χ3v) is 3.47. The van der Waals surface area contributed by atoms with Crippen LogP contribution < -0.4 is 16.4 Å². The molecule has 1 atom stereocenters. The van der Waals surface area contributed by atoms with E-state index < -0.39 is 11.9 Å². The highest BCUT2D eigenvalue weighted by atomic mass is 35.5. The first kappa shape index (κ1) is 19.2. The van der Waals surface area contributed by atoms with Crippen molar-refractivity contribution in [3.8, 4) is 0 Å². The molecule has 0 unspecified atom stereocenters. The second kappa shape index (κ2) is 8.14. The lowest BCUT2D eigenvalue weighted by molar-refractivity contribution is -0.125. The number of aromatic nitrogens is 2. The number of aromatic amines is 1. The molecule has 0 saturated heterocycles. The Morgan fingerprint density at radius 2 is 2.09 bits per heavy atom. The molecule has 0 aliphatic heterocycles. The highest BCUT2D eigenvalue weighted by Gasteiger charge is 2.18. The van der Waals surface area contributed by atoms with Crippen molar-refractivity contribution in [2.45, 2.75) is 19.9 Å². The quantitative estimate of drug-likeness (QED) is 0.650. The number of nitrogens with zero attached hydrogens (tertiary/aromatic N) is 1. The average molecular weight is 360 g/mol. The molecule has 2 amide bonds. The van der Waals surface area contributed by atoms with Gasteiger partial charge < -0.3 is 16.0 Å². The van der Waals surface area contributed by atoms with Gasteiger partial charge >= 0.3 is 0 Å². The van der Waals surface area contributed by atoms with E-state index >= 15 is 0 Å².